The molecule has 0 unspecified atom stereocenters. The standard InChI is InChI=1S/C25H29N5O3S/c31-22-6-2-1-5-19(22)28-25-29-20-8-7-17(16-23(20)34-25)33-18-9-10-26-21(15-18)24(32)27-11-14-30-12-3-4-13-30/h7-10,15-16,19H,1-6,11-14H2,(H,27,32)(H,28,29)/t19-/m1/s1. The second-order valence-electron chi connectivity index (χ2n) is 8.84. The molecule has 1 saturated heterocycles. The lowest BCUT2D eigenvalue weighted by Gasteiger charge is -2.20. The lowest BCUT2D eigenvalue weighted by molar-refractivity contribution is -0.121. The van der Waals surface area contributed by atoms with Crippen molar-refractivity contribution in [1.82, 2.24) is 20.2 Å². The van der Waals surface area contributed by atoms with Gasteiger partial charge in [0, 0.05) is 37.8 Å². The number of Topliss-reactive ketones (excluding diaryl/α,β-unsaturated/α-hetero) is 1. The van der Waals surface area contributed by atoms with E-state index < -0.39 is 0 Å². The first-order valence-corrected chi connectivity index (χ1v) is 12.8. The third kappa shape index (κ3) is 5.53. The van der Waals surface area contributed by atoms with E-state index in [9.17, 15) is 9.59 Å². The molecule has 2 aromatic heterocycles. The van der Waals surface area contributed by atoms with Crippen molar-refractivity contribution < 1.29 is 14.3 Å². The molecule has 2 N–H and O–H groups in total. The van der Waals surface area contributed by atoms with Gasteiger partial charge in [0.25, 0.3) is 5.91 Å². The number of hydrogen-bond donors (Lipinski definition) is 2. The van der Waals surface area contributed by atoms with Gasteiger partial charge in [0.1, 0.15) is 17.2 Å². The molecule has 1 aliphatic carbocycles. The molecule has 9 heteroatoms. The Bertz CT molecular complexity index is 1170. The highest BCUT2D eigenvalue weighted by atomic mass is 32.1. The number of benzene rings is 1. The molecule has 2 fully saturated rings. The second-order valence-corrected chi connectivity index (χ2v) is 9.87. The fraction of sp³-hybridized carbons (Fsp3) is 0.440. The summed E-state index contributed by atoms with van der Waals surface area (Å²) in [5, 5.41) is 7.00. The summed E-state index contributed by atoms with van der Waals surface area (Å²) in [6, 6.07) is 8.94. The Morgan fingerprint density at radius 3 is 2.82 bits per heavy atom. The van der Waals surface area contributed by atoms with E-state index in [-0.39, 0.29) is 17.7 Å². The van der Waals surface area contributed by atoms with E-state index in [1.54, 1.807) is 18.3 Å². The number of nitrogens with zero attached hydrogens (tertiary/aromatic N) is 3. The summed E-state index contributed by atoms with van der Waals surface area (Å²) >= 11 is 1.51. The van der Waals surface area contributed by atoms with Crippen molar-refractivity contribution in [2.24, 2.45) is 0 Å². The minimum Gasteiger partial charge on any atom is -0.457 e. The number of aromatic nitrogens is 2. The van der Waals surface area contributed by atoms with E-state index in [0.29, 0.717) is 30.2 Å². The number of rotatable bonds is 8. The second kappa shape index (κ2) is 10.5. The summed E-state index contributed by atoms with van der Waals surface area (Å²) in [7, 11) is 0. The van der Waals surface area contributed by atoms with Crippen molar-refractivity contribution in [3.63, 3.8) is 0 Å². The zero-order valence-electron chi connectivity index (χ0n) is 19.1. The molecule has 1 saturated carbocycles. The first kappa shape index (κ1) is 22.7. The zero-order valence-corrected chi connectivity index (χ0v) is 19.9. The maximum atomic E-state index is 12.5. The highest BCUT2D eigenvalue weighted by Crippen LogP contribution is 2.32. The highest BCUT2D eigenvalue weighted by molar-refractivity contribution is 7.22. The van der Waals surface area contributed by atoms with E-state index in [0.717, 1.165) is 54.2 Å². The molecule has 1 amide bonds. The van der Waals surface area contributed by atoms with Crippen molar-refractivity contribution in [1.29, 1.82) is 0 Å². The zero-order chi connectivity index (χ0) is 23.3. The normalized spacial score (nSPS) is 18.8. The van der Waals surface area contributed by atoms with Crippen molar-refractivity contribution in [3.8, 4) is 11.5 Å². The van der Waals surface area contributed by atoms with Crippen LogP contribution in [0.1, 0.15) is 49.0 Å². The minimum atomic E-state index is -0.199. The van der Waals surface area contributed by atoms with Gasteiger partial charge in [-0.3, -0.25) is 14.6 Å². The Balaban J connectivity index is 1.21. The van der Waals surface area contributed by atoms with Gasteiger partial charge in [0.15, 0.2) is 10.9 Å². The first-order chi connectivity index (χ1) is 16.6. The van der Waals surface area contributed by atoms with Gasteiger partial charge >= 0.3 is 0 Å². The average molecular weight is 480 g/mol. The maximum absolute atomic E-state index is 12.5. The van der Waals surface area contributed by atoms with Gasteiger partial charge in [-0.05, 0) is 57.0 Å². The Morgan fingerprint density at radius 1 is 1.12 bits per heavy atom. The van der Waals surface area contributed by atoms with Crippen LogP contribution in [-0.2, 0) is 4.79 Å². The van der Waals surface area contributed by atoms with Crippen LogP contribution in [0.15, 0.2) is 36.5 Å². The quantitative estimate of drug-likeness (QED) is 0.499. The Kier molecular flexibility index (Phi) is 7.01. The number of likely N-dealkylation sites (tertiary alicyclic amines) is 1. The van der Waals surface area contributed by atoms with Crippen molar-refractivity contribution >= 4 is 38.4 Å². The number of amides is 1. The summed E-state index contributed by atoms with van der Waals surface area (Å²) in [6.45, 7) is 3.69. The third-order valence-electron chi connectivity index (χ3n) is 6.32. The van der Waals surface area contributed by atoms with Gasteiger partial charge in [-0.15, -0.1) is 0 Å². The number of ketones is 1. The molecular weight excluding hydrogens is 450 g/mol. The third-order valence-corrected chi connectivity index (χ3v) is 7.27. The molecule has 1 atom stereocenters. The van der Waals surface area contributed by atoms with Gasteiger partial charge in [-0.25, -0.2) is 4.98 Å². The molecule has 2 aliphatic rings. The number of thiazole rings is 1. The van der Waals surface area contributed by atoms with E-state index in [4.69, 9.17) is 4.74 Å². The Morgan fingerprint density at radius 2 is 1.97 bits per heavy atom. The summed E-state index contributed by atoms with van der Waals surface area (Å²) in [6.07, 6.45) is 7.61. The first-order valence-electron chi connectivity index (χ1n) is 12.0. The molecule has 0 spiro atoms. The number of hydrogen-bond acceptors (Lipinski definition) is 8. The number of nitrogens with one attached hydrogen (secondary N) is 2. The van der Waals surface area contributed by atoms with Crippen LogP contribution in [0.25, 0.3) is 10.2 Å². The van der Waals surface area contributed by atoms with Crippen LogP contribution in [0.3, 0.4) is 0 Å². The van der Waals surface area contributed by atoms with Gasteiger partial charge in [0.05, 0.1) is 16.3 Å². The molecule has 178 valence electrons. The molecule has 3 heterocycles. The number of carbonyl (C=O) groups is 2. The van der Waals surface area contributed by atoms with Crippen LogP contribution < -0.4 is 15.4 Å². The van der Waals surface area contributed by atoms with Gasteiger partial charge in [-0.1, -0.05) is 17.8 Å². The number of fused-ring (bicyclic) bond motifs is 1. The topological polar surface area (TPSA) is 96.5 Å². The fourth-order valence-electron chi connectivity index (χ4n) is 4.47. The van der Waals surface area contributed by atoms with Gasteiger partial charge in [0.2, 0.25) is 0 Å². The fourth-order valence-corrected chi connectivity index (χ4v) is 5.42. The lowest BCUT2D eigenvalue weighted by Crippen LogP contribution is -2.33. The average Bonchev–Trinajstić information content (AvgIpc) is 3.50. The van der Waals surface area contributed by atoms with E-state index in [1.165, 1.54) is 24.2 Å². The number of carbonyl (C=O) groups excluding carboxylic acids is 2. The molecule has 0 bridgehead atoms. The van der Waals surface area contributed by atoms with E-state index >= 15 is 0 Å². The lowest BCUT2D eigenvalue weighted by atomic mass is 9.94. The van der Waals surface area contributed by atoms with E-state index in [2.05, 4.69) is 25.5 Å². The molecule has 5 rings (SSSR count). The largest absolute Gasteiger partial charge is 0.457 e. The summed E-state index contributed by atoms with van der Waals surface area (Å²) in [4.78, 5) is 35.8. The number of anilines is 1. The van der Waals surface area contributed by atoms with Gasteiger partial charge < -0.3 is 20.3 Å². The number of ether oxygens (including phenoxy) is 1. The smallest absolute Gasteiger partial charge is 0.270 e. The predicted octanol–water partition coefficient (Wildman–Crippen LogP) is 4.23. The number of pyridine rings is 1. The Labute approximate surface area is 202 Å². The van der Waals surface area contributed by atoms with Crippen molar-refractivity contribution in [2.75, 3.05) is 31.5 Å². The van der Waals surface area contributed by atoms with Crippen LogP contribution in [0.2, 0.25) is 0 Å². The van der Waals surface area contributed by atoms with Crippen molar-refractivity contribution in [2.45, 2.75) is 44.6 Å². The van der Waals surface area contributed by atoms with E-state index in [1.807, 2.05) is 18.2 Å². The van der Waals surface area contributed by atoms with Crippen LogP contribution in [-0.4, -0.2) is 58.8 Å². The molecular formula is C25H29N5O3S. The van der Waals surface area contributed by atoms with Crippen LogP contribution >= 0.6 is 11.3 Å². The molecule has 1 aromatic carbocycles. The van der Waals surface area contributed by atoms with Gasteiger partial charge in [-0.2, -0.15) is 0 Å². The van der Waals surface area contributed by atoms with Crippen LogP contribution in [0.4, 0.5) is 5.13 Å². The predicted molar refractivity (Wildman–Crippen MR) is 133 cm³/mol. The summed E-state index contributed by atoms with van der Waals surface area (Å²) in [5.41, 5.74) is 1.19. The molecule has 8 nitrogen and oxygen atoms in total. The molecule has 0 radical (unpaired) electrons. The summed E-state index contributed by atoms with van der Waals surface area (Å²) < 4.78 is 6.99. The maximum Gasteiger partial charge on any atom is 0.270 e. The van der Waals surface area contributed by atoms with Crippen molar-refractivity contribution in [3.05, 3.63) is 42.2 Å². The van der Waals surface area contributed by atoms with Crippen LogP contribution in [0.5, 0.6) is 11.5 Å². The highest BCUT2D eigenvalue weighted by Gasteiger charge is 2.23. The SMILES string of the molecule is O=C(NCCN1CCCC1)c1cc(Oc2ccc3nc(N[C@@H]4CCCCC4=O)sc3c2)ccn1. The minimum absolute atomic E-state index is 0.137. The molecule has 34 heavy (non-hydrogen) atoms. The van der Waals surface area contributed by atoms with Crippen LogP contribution in [0, 0.1) is 0 Å². The Hall–Kier alpha value is -3.04. The summed E-state index contributed by atoms with van der Waals surface area (Å²) in [5.74, 6) is 1.27. The monoisotopic (exact) mass is 479 g/mol. The molecule has 3 aromatic rings. The molecule has 1 aliphatic heterocycles.